The minimum atomic E-state index is -0.308. The number of para-hydroxylation sites is 1. The van der Waals surface area contributed by atoms with Crippen LogP contribution in [-0.4, -0.2) is 35.8 Å². The minimum Gasteiger partial charge on any atom is -0.342 e. The molecule has 1 unspecified atom stereocenters. The first-order valence-corrected chi connectivity index (χ1v) is 11.7. The molecule has 33 heavy (non-hydrogen) atoms. The summed E-state index contributed by atoms with van der Waals surface area (Å²) in [6.45, 7) is 3.47. The zero-order valence-electron chi connectivity index (χ0n) is 18.9. The van der Waals surface area contributed by atoms with Crippen LogP contribution in [0, 0.1) is 5.92 Å². The van der Waals surface area contributed by atoms with Gasteiger partial charge in [0, 0.05) is 42.6 Å². The van der Waals surface area contributed by atoms with Crippen LogP contribution in [0.2, 0.25) is 0 Å². The van der Waals surface area contributed by atoms with E-state index in [9.17, 15) is 9.59 Å². The van der Waals surface area contributed by atoms with Crippen molar-refractivity contribution in [3.8, 4) is 0 Å². The molecule has 1 N–H and O–H groups in total. The van der Waals surface area contributed by atoms with Crippen molar-refractivity contribution in [3.63, 3.8) is 0 Å². The summed E-state index contributed by atoms with van der Waals surface area (Å²) in [4.78, 5) is 29.8. The zero-order valence-corrected chi connectivity index (χ0v) is 18.9. The standard InChI is InChI=1S/C28H29N3O2/c1-2-30(24-10-4-3-5-11-24)25-14-12-23(13-15-25)29-28(33)22-18-27(32)31(19-22)26-16-20-8-6-7-9-21(20)17-26/h3-15,22,26H,2,16-19H2,1H3,(H,29,33). The monoisotopic (exact) mass is 439 g/mol. The smallest absolute Gasteiger partial charge is 0.229 e. The maximum atomic E-state index is 12.9. The lowest BCUT2D eigenvalue weighted by atomic mass is 10.1. The highest BCUT2D eigenvalue weighted by molar-refractivity contribution is 5.97. The van der Waals surface area contributed by atoms with Gasteiger partial charge in [-0.1, -0.05) is 42.5 Å². The summed E-state index contributed by atoms with van der Waals surface area (Å²) in [6.07, 6.45) is 2.05. The Bertz CT molecular complexity index is 1120. The Kier molecular flexibility index (Phi) is 5.86. The largest absolute Gasteiger partial charge is 0.342 e. The third-order valence-electron chi connectivity index (χ3n) is 6.83. The Morgan fingerprint density at radius 2 is 1.48 bits per heavy atom. The molecule has 0 aromatic heterocycles. The first kappa shape index (κ1) is 21.3. The number of fused-ring (bicyclic) bond motifs is 1. The second-order valence-electron chi connectivity index (χ2n) is 8.89. The van der Waals surface area contributed by atoms with Crippen LogP contribution in [0.15, 0.2) is 78.9 Å². The molecule has 5 nitrogen and oxygen atoms in total. The molecule has 3 aromatic rings. The van der Waals surface area contributed by atoms with Gasteiger partial charge in [0.05, 0.1) is 5.92 Å². The van der Waals surface area contributed by atoms with Gasteiger partial charge in [0.15, 0.2) is 0 Å². The van der Waals surface area contributed by atoms with Crippen LogP contribution in [0.4, 0.5) is 17.1 Å². The second-order valence-corrected chi connectivity index (χ2v) is 8.89. The number of likely N-dealkylation sites (tertiary alicyclic amines) is 1. The summed E-state index contributed by atoms with van der Waals surface area (Å²) in [6, 6.07) is 26.7. The van der Waals surface area contributed by atoms with Crippen molar-refractivity contribution in [2.24, 2.45) is 5.92 Å². The molecule has 1 aliphatic heterocycles. The number of nitrogens with one attached hydrogen (secondary N) is 1. The number of rotatable bonds is 6. The molecule has 1 saturated heterocycles. The molecule has 5 heteroatoms. The number of nitrogens with zero attached hydrogens (tertiary/aromatic N) is 2. The first-order chi connectivity index (χ1) is 16.1. The van der Waals surface area contributed by atoms with Crippen LogP contribution >= 0.6 is 0 Å². The molecular weight excluding hydrogens is 410 g/mol. The molecule has 2 amide bonds. The molecule has 0 saturated carbocycles. The summed E-state index contributed by atoms with van der Waals surface area (Å²) in [5.74, 6) is -0.299. The van der Waals surface area contributed by atoms with Gasteiger partial charge in [-0.2, -0.15) is 0 Å². The third-order valence-corrected chi connectivity index (χ3v) is 6.83. The van der Waals surface area contributed by atoms with E-state index in [0.717, 1.165) is 36.4 Å². The van der Waals surface area contributed by atoms with Gasteiger partial charge < -0.3 is 15.1 Å². The van der Waals surface area contributed by atoms with Crippen molar-refractivity contribution in [2.45, 2.75) is 32.2 Å². The third kappa shape index (κ3) is 4.36. The summed E-state index contributed by atoms with van der Waals surface area (Å²) >= 11 is 0. The quantitative estimate of drug-likeness (QED) is 0.600. The Labute approximate surface area is 195 Å². The lowest BCUT2D eigenvalue weighted by molar-refractivity contribution is -0.129. The summed E-state index contributed by atoms with van der Waals surface area (Å²) < 4.78 is 0. The van der Waals surface area contributed by atoms with E-state index in [1.807, 2.05) is 59.5 Å². The molecule has 0 radical (unpaired) electrons. The van der Waals surface area contributed by atoms with Crippen LogP contribution in [0.1, 0.15) is 24.5 Å². The van der Waals surface area contributed by atoms with Crippen molar-refractivity contribution in [1.29, 1.82) is 0 Å². The van der Waals surface area contributed by atoms with E-state index in [4.69, 9.17) is 0 Å². The molecule has 1 atom stereocenters. The molecule has 1 fully saturated rings. The van der Waals surface area contributed by atoms with Crippen molar-refractivity contribution >= 4 is 28.9 Å². The van der Waals surface area contributed by atoms with Crippen molar-refractivity contribution < 1.29 is 9.59 Å². The van der Waals surface area contributed by atoms with Crippen LogP contribution in [0.5, 0.6) is 0 Å². The molecule has 1 aliphatic carbocycles. The van der Waals surface area contributed by atoms with Gasteiger partial charge in [-0.15, -0.1) is 0 Å². The van der Waals surface area contributed by atoms with E-state index in [2.05, 4.69) is 41.4 Å². The van der Waals surface area contributed by atoms with Crippen LogP contribution in [-0.2, 0) is 22.4 Å². The fourth-order valence-corrected chi connectivity index (χ4v) is 5.11. The molecule has 168 valence electrons. The average Bonchev–Trinajstić information content (AvgIpc) is 3.44. The molecule has 1 heterocycles. The average molecular weight is 440 g/mol. The molecular formula is C28H29N3O2. The first-order valence-electron chi connectivity index (χ1n) is 11.7. The zero-order chi connectivity index (χ0) is 22.8. The van der Waals surface area contributed by atoms with Crippen LogP contribution in [0.3, 0.4) is 0 Å². The molecule has 5 rings (SSSR count). The lowest BCUT2D eigenvalue weighted by Crippen LogP contribution is -2.38. The van der Waals surface area contributed by atoms with Crippen molar-refractivity contribution in [2.75, 3.05) is 23.3 Å². The number of hydrogen-bond donors (Lipinski definition) is 1. The van der Waals surface area contributed by atoms with E-state index in [1.54, 1.807) is 0 Å². The van der Waals surface area contributed by atoms with Gasteiger partial charge in [0.25, 0.3) is 0 Å². The number of anilines is 3. The van der Waals surface area contributed by atoms with E-state index in [-0.39, 0.29) is 30.2 Å². The molecule has 3 aromatic carbocycles. The van der Waals surface area contributed by atoms with Crippen molar-refractivity contribution in [1.82, 2.24) is 4.90 Å². The number of hydrogen-bond acceptors (Lipinski definition) is 3. The fraction of sp³-hybridized carbons (Fsp3) is 0.286. The molecule has 0 bridgehead atoms. The van der Waals surface area contributed by atoms with Crippen LogP contribution in [0.25, 0.3) is 0 Å². The van der Waals surface area contributed by atoms with E-state index in [0.29, 0.717) is 6.54 Å². The molecule has 2 aliphatic rings. The van der Waals surface area contributed by atoms with Gasteiger partial charge in [-0.25, -0.2) is 0 Å². The van der Waals surface area contributed by atoms with E-state index in [1.165, 1.54) is 11.1 Å². The van der Waals surface area contributed by atoms with Gasteiger partial charge in [-0.3, -0.25) is 9.59 Å². The molecule has 0 spiro atoms. The predicted molar refractivity (Wildman–Crippen MR) is 132 cm³/mol. The lowest BCUT2D eigenvalue weighted by Gasteiger charge is -2.24. The van der Waals surface area contributed by atoms with E-state index >= 15 is 0 Å². The maximum absolute atomic E-state index is 12.9. The highest BCUT2D eigenvalue weighted by Crippen LogP contribution is 2.31. The SMILES string of the molecule is CCN(c1ccccc1)c1ccc(NC(=O)C2CC(=O)N(C3Cc4ccccc4C3)C2)cc1. The summed E-state index contributed by atoms with van der Waals surface area (Å²) in [7, 11) is 0. The van der Waals surface area contributed by atoms with Gasteiger partial charge in [0.2, 0.25) is 11.8 Å². The Hall–Kier alpha value is -3.60. The topological polar surface area (TPSA) is 52.7 Å². The van der Waals surface area contributed by atoms with Crippen molar-refractivity contribution in [3.05, 3.63) is 90.0 Å². The fourth-order valence-electron chi connectivity index (χ4n) is 5.11. The number of benzene rings is 3. The van der Waals surface area contributed by atoms with Gasteiger partial charge in [0.1, 0.15) is 0 Å². The normalized spacial score (nSPS) is 17.8. The summed E-state index contributed by atoms with van der Waals surface area (Å²) in [5, 5.41) is 3.02. The minimum absolute atomic E-state index is 0.0791. The number of carbonyl (C=O) groups is 2. The van der Waals surface area contributed by atoms with E-state index < -0.39 is 0 Å². The number of amides is 2. The van der Waals surface area contributed by atoms with Crippen LogP contribution < -0.4 is 10.2 Å². The Morgan fingerprint density at radius 1 is 0.879 bits per heavy atom. The Balaban J connectivity index is 1.21. The number of carbonyl (C=O) groups excluding carboxylic acids is 2. The highest BCUT2D eigenvalue weighted by Gasteiger charge is 2.39. The maximum Gasteiger partial charge on any atom is 0.229 e. The highest BCUT2D eigenvalue weighted by atomic mass is 16.2. The van der Waals surface area contributed by atoms with Gasteiger partial charge >= 0.3 is 0 Å². The Morgan fingerprint density at radius 3 is 2.12 bits per heavy atom. The van der Waals surface area contributed by atoms with Gasteiger partial charge in [-0.05, 0) is 67.3 Å². The summed E-state index contributed by atoms with van der Waals surface area (Å²) in [5.41, 5.74) is 5.60. The predicted octanol–water partition coefficient (Wildman–Crippen LogP) is 4.80. The second kappa shape index (κ2) is 9.10.